The van der Waals surface area contributed by atoms with Crippen LogP contribution in [0.4, 0.5) is 18.9 Å². The van der Waals surface area contributed by atoms with Crippen LogP contribution in [0.5, 0.6) is 0 Å². The van der Waals surface area contributed by atoms with E-state index in [1.54, 1.807) is 10.6 Å². The molecule has 1 aromatic heterocycles. The molecular weight excluding hydrogens is 441 g/mol. The maximum atomic E-state index is 13.5. The Morgan fingerprint density at radius 1 is 1.22 bits per heavy atom. The van der Waals surface area contributed by atoms with Gasteiger partial charge in [-0.05, 0) is 47.6 Å². The number of nitrogens with one attached hydrogen (secondary N) is 1. The third kappa shape index (κ3) is 3.25. The maximum Gasteiger partial charge on any atom is 0.416 e. The minimum Gasteiger partial charge on any atom is -0.379 e. The van der Waals surface area contributed by atoms with Crippen LogP contribution in [-0.4, -0.2) is 33.9 Å². The molecule has 166 valence electrons. The van der Waals surface area contributed by atoms with Crippen LogP contribution in [0.3, 0.4) is 0 Å². The van der Waals surface area contributed by atoms with Crippen molar-refractivity contribution in [1.82, 2.24) is 14.8 Å². The maximum absolute atomic E-state index is 13.5. The highest BCUT2D eigenvalue weighted by Gasteiger charge is 2.43. The second-order valence-corrected chi connectivity index (χ2v) is 8.61. The molecule has 10 heteroatoms. The molecule has 1 amide bonds. The van der Waals surface area contributed by atoms with E-state index in [0.29, 0.717) is 30.1 Å². The van der Waals surface area contributed by atoms with Crippen molar-refractivity contribution in [2.45, 2.75) is 24.6 Å². The van der Waals surface area contributed by atoms with Crippen molar-refractivity contribution in [1.29, 1.82) is 0 Å². The van der Waals surface area contributed by atoms with E-state index >= 15 is 0 Å². The summed E-state index contributed by atoms with van der Waals surface area (Å²) in [5.74, 6) is 0.347. The first-order chi connectivity index (χ1) is 15.2. The number of nitrogens with zero attached hydrogens (tertiary/aromatic N) is 3. The quantitative estimate of drug-likeness (QED) is 0.594. The fraction of sp³-hybridized carbons (Fsp3) is 0.318. The molecule has 1 saturated heterocycles. The summed E-state index contributed by atoms with van der Waals surface area (Å²) in [5.41, 5.74) is 0.481. The van der Waals surface area contributed by atoms with Crippen LogP contribution in [-0.2, 0) is 36.3 Å². The summed E-state index contributed by atoms with van der Waals surface area (Å²) < 4.78 is 48.2. The van der Waals surface area contributed by atoms with E-state index in [9.17, 15) is 18.0 Å². The van der Waals surface area contributed by atoms with Crippen LogP contribution >= 0.6 is 12.2 Å². The minimum absolute atomic E-state index is 0.0126. The number of amides is 1. The van der Waals surface area contributed by atoms with Crippen LogP contribution in [0, 0.1) is 4.77 Å². The summed E-state index contributed by atoms with van der Waals surface area (Å²) in [6, 6.07) is 11.1. The average molecular weight is 460 g/mol. The monoisotopic (exact) mass is 460 g/mol. The van der Waals surface area contributed by atoms with Gasteiger partial charge in [-0.1, -0.05) is 18.2 Å². The lowest BCUT2D eigenvalue weighted by Crippen LogP contribution is -2.49. The van der Waals surface area contributed by atoms with Gasteiger partial charge >= 0.3 is 6.18 Å². The molecule has 0 atom stereocenters. The number of ether oxygens (including phenoxy) is 1. The number of aromatic amines is 1. The van der Waals surface area contributed by atoms with Crippen molar-refractivity contribution in [2.75, 3.05) is 18.1 Å². The second-order valence-electron chi connectivity index (χ2n) is 8.22. The summed E-state index contributed by atoms with van der Waals surface area (Å²) in [7, 11) is 1.84. The molecule has 2 aromatic carbocycles. The molecule has 2 aliphatic rings. The topological polar surface area (TPSA) is 63.1 Å². The fourth-order valence-corrected chi connectivity index (χ4v) is 4.52. The van der Waals surface area contributed by atoms with Gasteiger partial charge in [-0.3, -0.25) is 9.89 Å². The van der Waals surface area contributed by atoms with E-state index in [4.69, 9.17) is 17.0 Å². The van der Waals surface area contributed by atoms with Gasteiger partial charge in [0.1, 0.15) is 5.82 Å². The first kappa shape index (κ1) is 20.9. The highest BCUT2D eigenvalue weighted by molar-refractivity contribution is 7.71. The Hall–Kier alpha value is -2.98. The Labute approximate surface area is 186 Å². The van der Waals surface area contributed by atoms with Crippen molar-refractivity contribution < 1.29 is 22.7 Å². The van der Waals surface area contributed by atoms with Gasteiger partial charge < -0.3 is 14.2 Å². The molecule has 1 fully saturated rings. The zero-order valence-electron chi connectivity index (χ0n) is 17.1. The Morgan fingerprint density at radius 3 is 2.59 bits per heavy atom. The van der Waals surface area contributed by atoms with Gasteiger partial charge in [-0.2, -0.15) is 18.3 Å². The van der Waals surface area contributed by atoms with E-state index in [0.717, 1.165) is 17.5 Å². The van der Waals surface area contributed by atoms with Crippen LogP contribution in [0.1, 0.15) is 32.9 Å². The number of halogens is 3. The zero-order valence-corrected chi connectivity index (χ0v) is 17.9. The van der Waals surface area contributed by atoms with E-state index in [1.807, 2.05) is 25.2 Å². The minimum atomic E-state index is -4.51. The molecule has 0 bridgehead atoms. The molecule has 2 aliphatic heterocycles. The normalized spacial score (nSPS) is 17.4. The van der Waals surface area contributed by atoms with Crippen molar-refractivity contribution in [2.24, 2.45) is 7.05 Å². The lowest BCUT2D eigenvalue weighted by atomic mass is 9.75. The molecule has 32 heavy (non-hydrogen) atoms. The number of aromatic nitrogens is 3. The summed E-state index contributed by atoms with van der Waals surface area (Å²) in [5, 5.41) is 7.08. The molecule has 6 nitrogen and oxygen atoms in total. The van der Waals surface area contributed by atoms with Gasteiger partial charge in [-0.25, -0.2) is 0 Å². The highest BCUT2D eigenvalue weighted by atomic mass is 32.1. The van der Waals surface area contributed by atoms with E-state index in [1.165, 1.54) is 17.0 Å². The number of anilines is 1. The first-order valence-corrected chi connectivity index (χ1v) is 10.4. The molecule has 0 aliphatic carbocycles. The summed E-state index contributed by atoms with van der Waals surface area (Å²) in [6.45, 7) is 0.829. The number of carbonyl (C=O) groups excluding carboxylic acids is 1. The molecule has 0 unspecified atom stereocenters. The predicted octanol–water partition coefficient (Wildman–Crippen LogP) is 4.17. The van der Waals surface area contributed by atoms with Crippen LogP contribution < -0.4 is 4.90 Å². The van der Waals surface area contributed by atoms with Crippen molar-refractivity contribution >= 4 is 23.8 Å². The smallest absolute Gasteiger partial charge is 0.379 e. The average Bonchev–Trinajstić information content (AvgIpc) is 3.24. The van der Waals surface area contributed by atoms with Gasteiger partial charge in [0, 0.05) is 30.1 Å². The molecule has 3 aromatic rings. The van der Waals surface area contributed by atoms with Crippen molar-refractivity contribution in [3.8, 4) is 0 Å². The molecule has 0 radical (unpaired) electrons. The van der Waals surface area contributed by atoms with E-state index in [2.05, 4.69) is 10.2 Å². The Bertz CT molecular complexity index is 1280. The van der Waals surface area contributed by atoms with Crippen LogP contribution in [0.15, 0.2) is 42.5 Å². The van der Waals surface area contributed by atoms with Gasteiger partial charge in [-0.15, -0.1) is 0 Å². The zero-order chi connectivity index (χ0) is 22.7. The molecule has 5 rings (SSSR count). The fourth-order valence-electron chi connectivity index (χ4n) is 4.37. The molecule has 0 saturated carbocycles. The van der Waals surface area contributed by atoms with Gasteiger partial charge in [0.25, 0.3) is 5.91 Å². The van der Waals surface area contributed by atoms with Gasteiger partial charge in [0.15, 0.2) is 4.77 Å². The van der Waals surface area contributed by atoms with Crippen molar-refractivity contribution in [3.63, 3.8) is 0 Å². The Morgan fingerprint density at radius 2 is 1.97 bits per heavy atom. The lowest BCUT2D eigenvalue weighted by molar-refractivity contribution is -0.138. The van der Waals surface area contributed by atoms with Gasteiger partial charge in [0.2, 0.25) is 0 Å². The van der Waals surface area contributed by atoms with Crippen LogP contribution in [0.2, 0.25) is 0 Å². The van der Waals surface area contributed by atoms with Crippen LogP contribution in [0.25, 0.3) is 0 Å². The molecule has 1 N–H and O–H groups in total. The van der Waals surface area contributed by atoms with Crippen molar-refractivity contribution in [3.05, 3.63) is 75.3 Å². The number of carbonyl (C=O) groups is 1. The second kappa shape index (κ2) is 7.28. The number of benzene rings is 2. The summed E-state index contributed by atoms with van der Waals surface area (Å²) in [4.78, 5) is 14.4. The third-order valence-electron chi connectivity index (χ3n) is 6.27. The van der Waals surface area contributed by atoms with E-state index in [-0.39, 0.29) is 23.1 Å². The largest absolute Gasteiger partial charge is 0.416 e. The highest BCUT2D eigenvalue weighted by Crippen LogP contribution is 2.41. The predicted molar refractivity (Wildman–Crippen MR) is 113 cm³/mol. The summed E-state index contributed by atoms with van der Waals surface area (Å²) >= 11 is 5.20. The molecule has 0 spiro atoms. The first-order valence-electron chi connectivity index (χ1n) is 9.99. The Kier molecular flexibility index (Phi) is 4.75. The Balaban J connectivity index is 1.49. The van der Waals surface area contributed by atoms with E-state index < -0.39 is 17.6 Å². The lowest BCUT2D eigenvalue weighted by Gasteiger charge is -2.42. The van der Waals surface area contributed by atoms with Gasteiger partial charge in [0.05, 0.1) is 25.3 Å². The number of hydrogen-bond donors (Lipinski definition) is 1. The number of rotatable bonds is 4. The number of fused-ring (bicyclic) bond motifs is 1. The standard InChI is InChI=1S/C22H19F3N4O2S/c1-28-18(26-27-20(28)32)9-21(11-31-12-21)13-4-2-5-14(8-13)29-10-16-15(19(29)30)6-3-7-17(16)22(23,24)25/h2-8H,9-12H2,1H3,(H,27,32). The number of alkyl halides is 3. The number of hydrogen-bond acceptors (Lipinski definition) is 4. The molecule has 3 heterocycles. The number of H-pyrrole nitrogens is 1. The SMILES string of the molecule is Cn1c(CC2(c3cccc(N4Cc5c(cccc5C(F)(F)F)C4=O)c3)COC2)n[nH]c1=S. The molecular formula is C22H19F3N4O2S. The summed E-state index contributed by atoms with van der Waals surface area (Å²) in [6.07, 6.45) is -3.94. The third-order valence-corrected chi connectivity index (χ3v) is 6.63.